The molecule has 2 aromatic rings. The smallest absolute Gasteiger partial charge is 0.0577 e. The van der Waals surface area contributed by atoms with E-state index in [1.807, 2.05) is 30.3 Å². The second-order valence-corrected chi connectivity index (χ2v) is 5.92. The first-order valence-corrected chi connectivity index (χ1v) is 7.60. The van der Waals surface area contributed by atoms with Gasteiger partial charge in [0, 0.05) is 9.50 Å². The zero-order valence-corrected chi connectivity index (χ0v) is 13.6. The van der Waals surface area contributed by atoms with E-state index < -0.39 is 0 Å². The maximum Gasteiger partial charge on any atom is 0.0577 e. The Kier molecular flexibility index (Phi) is 5.28. The van der Waals surface area contributed by atoms with Crippen molar-refractivity contribution in [3.63, 3.8) is 0 Å². The van der Waals surface area contributed by atoms with E-state index in [-0.39, 0.29) is 6.04 Å². The van der Waals surface area contributed by atoms with Crippen LogP contribution in [0.25, 0.3) is 0 Å². The maximum absolute atomic E-state index is 6.18. The molecule has 4 heteroatoms. The summed E-state index contributed by atoms with van der Waals surface area (Å²) in [4.78, 5) is 0. The van der Waals surface area contributed by atoms with Gasteiger partial charge in [0.1, 0.15) is 0 Å². The average Bonchev–Trinajstić information content (AvgIpc) is 2.39. The summed E-state index contributed by atoms with van der Waals surface area (Å²) in [6.45, 7) is 2.95. The molecule has 2 aromatic carbocycles. The van der Waals surface area contributed by atoms with E-state index in [1.54, 1.807) is 0 Å². The third-order valence-corrected chi connectivity index (χ3v) is 4.33. The van der Waals surface area contributed by atoms with E-state index in [0.29, 0.717) is 5.02 Å². The first kappa shape index (κ1) is 14.9. The van der Waals surface area contributed by atoms with Crippen molar-refractivity contribution < 1.29 is 0 Å². The van der Waals surface area contributed by atoms with Crippen molar-refractivity contribution in [3.8, 4) is 0 Å². The van der Waals surface area contributed by atoms with Crippen LogP contribution in [0, 0.1) is 0 Å². The highest BCUT2D eigenvalue weighted by Crippen LogP contribution is 2.30. The topological polar surface area (TPSA) is 12.0 Å². The molecule has 0 spiro atoms. The van der Waals surface area contributed by atoms with Gasteiger partial charge in [-0.3, -0.25) is 0 Å². The Hall–Kier alpha value is -0.540. The monoisotopic (exact) mass is 357 g/mol. The average molecular weight is 359 g/mol. The Bertz CT molecular complexity index is 572. The van der Waals surface area contributed by atoms with Gasteiger partial charge in [0.15, 0.2) is 0 Å². The Balaban J connectivity index is 2.42. The molecule has 0 heterocycles. The molecule has 0 saturated carbocycles. The number of rotatable bonds is 4. The molecule has 19 heavy (non-hydrogen) atoms. The summed E-state index contributed by atoms with van der Waals surface area (Å²) in [5.41, 5.74) is 2.25. The van der Waals surface area contributed by atoms with Gasteiger partial charge in [0.2, 0.25) is 0 Å². The molecule has 1 nitrogen and oxygen atoms in total. The lowest BCUT2D eigenvalue weighted by atomic mass is 9.99. The minimum absolute atomic E-state index is 0.0919. The SMILES string of the molecule is CCNC(c1cccc(Cl)c1)c1ccc(Br)c(Cl)c1. The molecule has 0 amide bonds. The second kappa shape index (κ2) is 6.76. The first-order chi connectivity index (χ1) is 9.11. The second-order valence-electron chi connectivity index (χ2n) is 4.22. The summed E-state index contributed by atoms with van der Waals surface area (Å²) >= 11 is 15.7. The van der Waals surface area contributed by atoms with E-state index in [2.05, 4.69) is 40.3 Å². The van der Waals surface area contributed by atoms with Crippen molar-refractivity contribution >= 4 is 39.1 Å². The quantitative estimate of drug-likeness (QED) is 0.765. The molecule has 0 aliphatic heterocycles. The summed E-state index contributed by atoms with van der Waals surface area (Å²) in [5.74, 6) is 0. The van der Waals surface area contributed by atoms with Crippen LogP contribution in [0.2, 0.25) is 10.0 Å². The Morgan fingerprint density at radius 2 is 1.84 bits per heavy atom. The molecule has 0 bridgehead atoms. The predicted octanol–water partition coefficient (Wildman–Crippen LogP) is 5.45. The van der Waals surface area contributed by atoms with Crippen molar-refractivity contribution in [2.24, 2.45) is 0 Å². The van der Waals surface area contributed by atoms with Crippen LogP contribution < -0.4 is 5.32 Å². The van der Waals surface area contributed by atoms with Gasteiger partial charge in [-0.25, -0.2) is 0 Å². The van der Waals surface area contributed by atoms with Crippen molar-refractivity contribution in [1.29, 1.82) is 0 Å². The fraction of sp³-hybridized carbons (Fsp3) is 0.200. The number of benzene rings is 2. The van der Waals surface area contributed by atoms with Crippen LogP contribution in [0.15, 0.2) is 46.9 Å². The van der Waals surface area contributed by atoms with Gasteiger partial charge in [-0.2, -0.15) is 0 Å². The summed E-state index contributed by atoms with van der Waals surface area (Å²) in [6, 6.07) is 14.0. The Morgan fingerprint density at radius 3 is 2.47 bits per heavy atom. The van der Waals surface area contributed by atoms with E-state index in [1.165, 1.54) is 0 Å². The molecule has 1 atom stereocenters. The van der Waals surface area contributed by atoms with Crippen LogP contribution >= 0.6 is 39.1 Å². The number of halogens is 3. The molecule has 0 saturated heterocycles. The number of hydrogen-bond acceptors (Lipinski definition) is 1. The van der Waals surface area contributed by atoms with Gasteiger partial charge in [0.25, 0.3) is 0 Å². The lowest BCUT2D eigenvalue weighted by Gasteiger charge is -2.19. The van der Waals surface area contributed by atoms with Gasteiger partial charge in [-0.05, 0) is 57.9 Å². The maximum atomic E-state index is 6.18. The molecular weight excluding hydrogens is 345 g/mol. The zero-order valence-electron chi connectivity index (χ0n) is 10.5. The zero-order chi connectivity index (χ0) is 13.8. The first-order valence-electron chi connectivity index (χ1n) is 6.05. The number of nitrogens with one attached hydrogen (secondary N) is 1. The highest BCUT2D eigenvalue weighted by Gasteiger charge is 2.14. The standard InChI is InChI=1S/C15H14BrCl2N/c1-2-19-15(10-4-3-5-12(17)8-10)11-6-7-13(16)14(18)9-11/h3-9,15,19H,2H2,1H3. The van der Waals surface area contributed by atoms with Crippen LogP contribution in [0.4, 0.5) is 0 Å². The molecule has 100 valence electrons. The molecule has 0 aliphatic carbocycles. The molecular formula is C15H14BrCl2N. The lowest BCUT2D eigenvalue weighted by Crippen LogP contribution is -2.21. The van der Waals surface area contributed by atoms with E-state index in [9.17, 15) is 0 Å². The molecule has 1 unspecified atom stereocenters. The van der Waals surface area contributed by atoms with Crippen molar-refractivity contribution in [2.75, 3.05) is 6.54 Å². The molecule has 0 aromatic heterocycles. The minimum atomic E-state index is 0.0919. The van der Waals surface area contributed by atoms with E-state index in [4.69, 9.17) is 23.2 Å². The summed E-state index contributed by atoms with van der Waals surface area (Å²) in [7, 11) is 0. The summed E-state index contributed by atoms with van der Waals surface area (Å²) < 4.78 is 0.902. The van der Waals surface area contributed by atoms with E-state index >= 15 is 0 Å². The van der Waals surface area contributed by atoms with Gasteiger partial charge >= 0.3 is 0 Å². The van der Waals surface area contributed by atoms with Gasteiger partial charge in [-0.15, -0.1) is 0 Å². The van der Waals surface area contributed by atoms with Gasteiger partial charge in [-0.1, -0.05) is 48.3 Å². The fourth-order valence-electron chi connectivity index (χ4n) is 2.01. The Morgan fingerprint density at radius 1 is 1.11 bits per heavy atom. The molecule has 0 radical (unpaired) electrons. The van der Waals surface area contributed by atoms with Crippen molar-refractivity contribution in [3.05, 3.63) is 68.1 Å². The molecule has 1 N–H and O–H groups in total. The van der Waals surface area contributed by atoms with E-state index in [0.717, 1.165) is 27.2 Å². The summed E-state index contributed by atoms with van der Waals surface area (Å²) in [6.07, 6.45) is 0. The third-order valence-electron chi connectivity index (χ3n) is 2.87. The van der Waals surface area contributed by atoms with Crippen LogP contribution in [0.1, 0.15) is 24.1 Å². The van der Waals surface area contributed by atoms with Crippen LogP contribution in [-0.2, 0) is 0 Å². The molecule has 0 aliphatic rings. The highest BCUT2D eigenvalue weighted by atomic mass is 79.9. The largest absolute Gasteiger partial charge is 0.307 e. The van der Waals surface area contributed by atoms with Gasteiger partial charge < -0.3 is 5.32 Å². The lowest BCUT2D eigenvalue weighted by molar-refractivity contribution is 0.630. The van der Waals surface area contributed by atoms with Crippen LogP contribution in [0.3, 0.4) is 0 Å². The predicted molar refractivity (Wildman–Crippen MR) is 86.1 cm³/mol. The summed E-state index contributed by atoms with van der Waals surface area (Å²) in [5, 5.41) is 4.91. The third kappa shape index (κ3) is 3.73. The van der Waals surface area contributed by atoms with Crippen LogP contribution in [0.5, 0.6) is 0 Å². The molecule has 2 rings (SSSR count). The van der Waals surface area contributed by atoms with Gasteiger partial charge in [0.05, 0.1) is 11.1 Å². The van der Waals surface area contributed by atoms with Crippen molar-refractivity contribution in [1.82, 2.24) is 5.32 Å². The highest BCUT2D eigenvalue weighted by molar-refractivity contribution is 9.10. The Labute approximate surface area is 132 Å². The normalized spacial score (nSPS) is 12.4. The van der Waals surface area contributed by atoms with Crippen molar-refractivity contribution in [2.45, 2.75) is 13.0 Å². The molecule has 0 fully saturated rings. The van der Waals surface area contributed by atoms with Crippen LogP contribution in [-0.4, -0.2) is 6.54 Å². The fourth-order valence-corrected chi connectivity index (χ4v) is 2.64. The number of hydrogen-bond donors (Lipinski definition) is 1. The minimum Gasteiger partial charge on any atom is -0.307 e.